The zero-order valence-electron chi connectivity index (χ0n) is 27.6. The maximum Gasteiger partial charge on any atom is 0.416 e. The van der Waals surface area contributed by atoms with Gasteiger partial charge in [-0.25, -0.2) is 12.7 Å². The van der Waals surface area contributed by atoms with Gasteiger partial charge in [-0.15, -0.1) is 13.2 Å². The van der Waals surface area contributed by atoms with E-state index in [1.807, 2.05) is 0 Å². The summed E-state index contributed by atoms with van der Waals surface area (Å²) < 4.78 is 74.4. The van der Waals surface area contributed by atoms with Crippen LogP contribution in [0.5, 0.6) is 5.75 Å². The molecule has 0 unspecified atom stereocenters. The van der Waals surface area contributed by atoms with E-state index in [0.29, 0.717) is 24.8 Å². The number of aliphatic imine (C=N–C) groups is 1. The van der Waals surface area contributed by atoms with Gasteiger partial charge in [-0.1, -0.05) is 18.2 Å². The van der Waals surface area contributed by atoms with Gasteiger partial charge >= 0.3 is 6.18 Å². The van der Waals surface area contributed by atoms with Crippen LogP contribution in [0.2, 0.25) is 0 Å². The molecular weight excluding hydrogens is 661 g/mol. The van der Waals surface area contributed by atoms with Crippen LogP contribution in [0.3, 0.4) is 0 Å². The molecule has 4 rings (SSSR count). The molecule has 2 aromatic carbocycles. The first kappa shape index (κ1) is 37.5. The molecule has 264 valence electrons. The number of amidine groups is 1. The van der Waals surface area contributed by atoms with E-state index in [4.69, 9.17) is 4.74 Å². The van der Waals surface area contributed by atoms with Crippen LogP contribution < -0.4 is 10.1 Å². The van der Waals surface area contributed by atoms with E-state index < -0.39 is 33.2 Å². The molecule has 2 aromatic rings. The molecule has 0 radical (unpaired) electrons. The number of alkyl halides is 3. The average Bonchev–Trinajstić information content (AvgIpc) is 3.37. The number of nitrogens with one attached hydrogen (secondary N) is 1. The van der Waals surface area contributed by atoms with Gasteiger partial charge in [0.1, 0.15) is 17.1 Å². The number of hydrogen-bond donors (Lipinski definition) is 1. The molecule has 1 spiro atoms. The number of allylic oxidation sites excluding steroid dienone is 1. The van der Waals surface area contributed by atoms with E-state index in [0.717, 1.165) is 23.3 Å². The number of sulfonamides is 1. The van der Waals surface area contributed by atoms with Crippen molar-refractivity contribution in [2.75, 3.05) is 39.0 Å². The minimum atomic E-state index is -4.66. The SMILES string of the molecule is C=CCCOc1cc(C2=NC3(CCN(S(=O)(=O)CCc4ccc(C(=O)N(C)CC(=O)CCC=C)cc4C)CC3)C(=O)N2)cc(C(F)(F)F)c1. The number of carbonyl (C=O) groups is 3. The number of rotatable bonds is 15. The Kier molecular flexibility index (Phi) is 11.9. The second-order valence-corrected chi connectivity index (χ2v) is 14.3. The molecule has 14 heteroatoms. The highest BCUT2D eigenvalue weighted by atomic mass is 32.2. The zero-order chi connectivity index (χ0) is 36.0. The summed E-state index contributed by atoms with van der Waals surface area (Å²) in [5.74, 6) is -1.14. The lowest BCUT2D eigenvalue weighted by molar-refractivity contribution is -0.137. The van der Waals surface area contributed by atoms with Crippen molar-refractivity contribution < 1.29 is 40.7 Å². The fraction of sp³-hybridized carbons (Fsp3) is 0.429. The fourth-order valence-electron chi connectivity index (χ4n) is 5.75. The smallest absolute Gasteiger partial charge is 0.416 e. The van der Waals surface area contributed by atoms with E-state index in [1.54, 1.807) is 44.3 Å². The van der Waals surface area contributed by atoms with E-state index in [2.05, 4.69) is 23.5 Å². The molecule has 2 aliphatic heterocycles. The van der Waals surface area contributed by atoms with Crippen molar-refractivity contribution in [2.45, 2.75) is 57.2 Å². The Morgan fingerprint density at radius 2 is 1.80 bits per heavy atom. The van der Waals surface area contributed by atoms with Crippen molar-refractivity contribution in [3.05, 3.63) is 89.5 Å². The normalized spacial score (nSPS) is 16.2. The highest BCUT2D eigenvalue weighted by Crippen LogP contribution is 2.36. The molecule has 2 aliphatic rings. The lowest BCUT2D eigenvalue weighted by Crippen LogP contribution is -2.50. The van der Waals surface area contributed by atoms with Gasteiger partial charge in [0.25, 0.3) is 11.8 Å². The minimum Gasteiger partial charge on any atom is -0.493 e. The molecular formula is C35H41F3N4O6S. The van der Waals surface area contributed by atoms with Gasteiger partial charge in [0, 0.05) is 37.7 Å². The van der Waals surface area contributed by atoms with Crippen molar-refractivity contribution in [3.8, 4) is 5.75 Å². The van der Waals surface area contributed by atoms with Crippen LogP contribution in [0.15, 0.2) is 66.7 Å². The Balaban J connectivity index is 1.40. The molecule has 1 fully saturated rings. The summed E-state index contributed by atoms with van der Waals surface area (Å²) in [5.41, 5.74) is -0.346. The Bertz CT molecular complexity index is 1750. The number of carbonyl (C=O) groups excluding carboxylic acids is 3. The number of nitrogens with zero attached hydrogens (tertiary/aromatic N) is 3. The summed E-state index contributed by atoms with van der Waals surface area (Å²) in [6.45, 7) is 9.07. The standard InChI is InChI=1S/C35H41F3N4O6S/c1-5-7-9-29(43)23-41(4)32(44)26-11-10-25(24(3)19-26)12-18-49(46,47)42-15-13-34(14-16-42)33(45)39-31(40-34)27-20-28(35(36,37)38)22-30(21-27)48-17-8-6-2/h5-6,10-11,19-22H,1-2,7-9,12-18,23H2,3-4H3,(H,39,40,45). The first-order valence-electron chi connectivity index (χ1n) is 15.9. The highest BCUT2D eigenvalue weighted by Gasteiger charge is 2.47. The summed E-state index contributed by atoms with van der Waals surface area (Å²) in [7, 11) is -2.19. The van der Waals surface area contributed by atoms with Crippen LogP contribution in [0, 0.1) is 6.92 Å². The lowest BCUT2D eigenvalue weighted by Gasteiger charge is -2.34. The van der Waals surface area contributed by atoms with Crippen LogP contribution in [0.1, 0.15) is 64.7 Å². The van der Waals surface area contributed by atoms with Crippen molar-refractivity contribution in [2.24, 2.45) is 4.99 Å². The molecule has 2 amide bonds. The van der Waals surface area contributed by atoms with Crippen LogP contribution >= 0.6 is 0 Å². The fourth-order valence-corrected chi connectivity index (χ4v) is 7.22. The van der Waals surface area contributed by atoms with Gasteiger partial charge in [-0.05, 0) is 80.5 Å². The van der Waals surface area contributed by atoms with Gasteiger partial charge in [-0.2, -0.15) is 13.2 Å². The monoisotopic (exact) mass is 702 g/mol. The summed E-state index contributed by atoms with van der Waals surface area (Å²) in [5, 5.41) is 2.60. The number of ketones is 1. The van der Waals surface area contributed by atoms with E-state index >= 15 is 0 Å². The zero-order valence-corrected chi connectivity index (χ0v) is 28.5. The Hall–Kier alpha value is -4.30. The molecule has 10 nitrogen and oxygen atoms in total. The van der Waals surface area contributed by atoms with Gasteiger partial charge in [-0.3, -0.25) is 19.4 Å². The van der Waals surface area contributed by atoms with Crippen LogP contribution in [0.4, 0.5) is 13.2 Å². The van der Waals surface area contributed by atoms with Crippen molar-refractivity contribution >= 4 is 33.5 Å². The minimum absolute atomic E-state index is 0.00924. The predicted octanol–water partition coefficient (Wildman–Crippen LogP) is 4.86. The van der Waals surface area contributed by atoms with Gasteiger partial charge < -0.3 is 15.0 Å². The third-order valence-electron chi connectivity index (χ3n) is 8.63. The topological polar surface area (TPSA) is 125 Å². The molecule has 1 N–H and O–H groups in total. The molecule has 0 saturated carbocycles. The quantitative estimate of drug-likeness (QED) is 0.209. The second-order valence-electron chi connectivity index (χ2n) is 12.2. The average molecular weight is 703 g/mol. The summed E-state index contributed by atoms with van der Waals surface area (Å²) in [6, 6.07) is 8.16. The van der Waals surface area contributed by atoms with Crippen molar-refractivity contribution in [3.63, 3.8) is 0 Å². The molecule has 0 atom stereocenters. The van der Waals surface area contributed by atoms with E-state index in [1.165, 1.54) is 15.3 Å². The number of amides is 2. The number of benzene rings is 2. The van der Waals surface area contributed by atoms with Crippen LogP contribution in [-0.2, 0) is 32.2 Å². The highest BCUT2D eigenvalue weighted by molar-refractivity contribution is 7.89. The molecule has 1 saturated heterocycles. The Morgan fingerprint density at radius 3 is 2.43 bits per heavy atom. The summed E-state index contributed by atoms with van der Waals surface area (Å²) in [4.78, 5) is 43.9. The predicted molar refractivity (Wildman–Crippen MR) is 180 cm³/mol. The number of likely N-dealkylation sites (N-methyl/N-ethyl adjacent to an activating group) is 1. The maximum absolute atomic E-state index is 13.7. The number of piperidine rings is 1. The first-order chi connectivity index (χ1) is 23.1. The first-order valence-corrected chi connectivity index (χ1v) is 17.5. The van der Waals surface area contributed by atoms with Gasteiger partial charge in [0.05, 0.1) is 24.5 Å². The van der Waals surface area contributed by atoms with Gasteiger partial charge in [0.15, 0.2) is 5.78 Å². The molecule has 2 heterocycles. The van der Waals surface area contributed by atoms with E-state index in [-0.39, 0.29) is 80.1 Å². The third kappa shape index (κ3) is 9.24. The number of hydrogen-bond acceptors (Lipinski definition) is 7. The summed E-state index contributed by atoms with van der Waals surface area (Å²) >= 11 is 0. The number of halogens is 3. The second kappa shape index (κ2) is 15.5. The Morgan fingerprint density at radius 1 is 1.10 bits per heavy atom. The largest absolute Gasteiger partial charge is 0.493 e. The number of ether oxygens (including phenoxy) is 1. The molecule has 0 aliphatic carbocycles. The van der Waals surface area contributed by atoms with E-state index in [9.17, 15) is 36.0 Å². The molecule has 0 bridgehead atoms. The van der Waals surface area contributed by atoms with Gasteiger partial charge in [0.2, 0.25) is 10.0 Å². The lowest BCUT2D eigenvalue weighted by atomic mass is 9.89. The van der Waals surface area contributed by atoms with Crippen LogP contribution in [0.25, 0.3) is 0 Å². The van der Waals surface area contributed by atoms with Crippen molar-refractivity contribution in [1.29, 1.82) is 0 Å². The van der Waals surface area contributed by atoms with Crippen LogP contribution in [-0.4, -0.2) is 85.6 Å². The number of Topliss-reactive ketones (excluding diaryl/α,β-unsaturated/α-hetero) is 1. The molecule has 49 heavy (non-hydrogen) atoms. The van der Waals surface area contributed by atoms with Crippen molar-refractivity contribution in [1.82, 2.24) is 14.5 Å². The summed E-state index contributed by atoms with van der Waals surface area (Å²) in [6.07, 6.45) is 0.145. The Labute approximate surface area is 284 Å². The third-order valence-corrected chi connectivity index (χ3v) is 10.5. The maximum atomic E-state index is 13.7. The number of aryl methyl sites for hydroxylation is 2. The molecule has 0 aromatic heterocycles.